The first-order valence-corrected chi connectivity index (χ1v) is 12.2. The Labute approximate surface area is 196 Å². The number of halogens is 1. The second-order valence-corrected chi connectivity index (χ2v) is 9.90. The Morgan fingerprint density at radius 2 is 2.06 bits per heavy atom. The molecule has 32 heavy (non-hydrogen) atoms. The van der Waals surface area contributed by atoms with Crippen LogP contribution in [0.4, 0.5) is 10.8 Å². The fourth-order valence-electron chi connectivity index (χ4n) is 4.41. The summed E-state index contributed by atoms with van der Waals surface area (Å²) in [4.78, 5) is 32.8. The van der Waals surface area contributed by atoms with Crippen molar-refractivity contribution in [1.82, 2.24) is 9.88 Å². The highest BCUT2D eigenvalue weighted by molar-refractivity contribution is 7.16. The minimum absolute atomic E-state index is 0.0984. The van der Waals surface area contributed by atoms with Crippen LogP contribution in [-0.4, -0.2) is 41.3 Å². The van der Waals surface area contributed by atoms with Crippen LogP contribution in [0.25, 0.3) is 0 Å². The number of thiophene rings is 1. The number of aryl methyl sites for hydroxylation is 1. The van der Waals surface area contributed by atoms with Gasteiger partial charge >= 0.3 is 0 Å². The third kappa shape index (κ3) is 5.47. The highest BCUT2D eigenvalue weighted by Gasteiger charge is 2.28. The Balaban J connectivity index is 1.34. The van der Waals surface area contributed by atoms with Crippen molar-refractivity contribution in [1.29, 1.82) is 5.26 Å². The lowest BCUT2D eigenvalue weighted by atomic mass is 9.97. The summed E-state index contributed by atoms with van der Waals surface area (Å²) in [5, 5.41) is 16.6. The number of fused-ring (bicyclic) bond motifs is 1. The molecule has 9 heteroatoms. The zero-order valence-corrected chi connectivity index (χ0v) is 19.4. The number of carbonyl (C=O) groups is 2. The smallest absolute Gasteiger partial charge is 0.239 e. The molecular weight excluding hydrogens is 446 g/mol. The molecule has 168 valence electrons. The number of nitriles is 1. The van der Waals surface area contributed by atoms with E-state index >= 15 is 0 Å². The van der Waals surface area contributed by atoms with Gasteiger partial charge in [-0.15, -0.1) is 11.3 Å². The summed E-state index contributed by atoms with van der Waals surface area (Å²) in [6.07, 6.45) is 8.42. The Bertz CT molecular complexity index is 1030. The lowest BCUT2D eigenvalue weighted by Crippen LogP contribution is -2.44. The maximum atomic E-state index is 12.8. The normalized spacial score (nSPS) is 18.8. The van der Waals surface area contributed by atoms with Crippen molar-refractivity contribution in [3.05, 3.63) is 39.4 Å². The third-order valence-electron chi connectivity index (χ3n) is 6.01. The maximum Gasteiger partial charge on any atom is 0.239 e. The van der Waals surface area contributed by atoms with E-state index in [0.717, 1.165) is 50.6 Å². The second kappa shape index (κ2) is 10.4. The summed E-state index contributed by atoms with van der Waals surface area (Å²) in [5.74, 6) is 0.0225. The number of hydrogen-bond donors (Lipinski definition) is 2. The number of aromatic nitrogens is 1. The van der Waals surface area contributed by atoms with E-state index < -0.39 is 0 Å². The van der Waals surface area contributed by atoms with E-state index in [2.05, 4.69) is 21.7 Å². The van der Waals surface area contributed by atoms with Crippen LogP contribution in [-0.2, 0) is 22.4 Å². The molecule has 2 aromatic heterocycles. The van der Waals surface area contributed by atoms with Gasteiger partial charge in [0.25, 0.3) is 0 Å². The van der Waals surface area contributed by atoms with Gasteiger partial charge in [-0.05, 0) is 62.8 Å². The van der Waals surface area contributed by atoms with Crippen molar-refractivity contribution in [3.63, 3.8) is 0 Å². The van der Waals surface area contributed by atoms with Crippen LogP contribution < -0.4 is 10.6 Å². The molecule has 0 saturated carbocycles. The number of anilines is 2. The molecule has 0 bridgehead atoms. The third-order valence-corrected chi connectivity index (χ3v) is 7.44. The topological polar surface area (TPSA) is 98.1 Å². The lowest BCUT2D eigenvalue weighted by Gasteiger charge is -2.31. The van der Waals surface area contributed by atoms with E-state index in [-0.39, 0.29) is 24.3 Å². The van der Waals surface area contributed by atoms with Crippen molar-refractivity contribution in [2.45, 2.75) is 44.9 Å². The monoisotopic (exact) mass is 471 g/mol. The van der Waals surface area contributed by atoms with Crippen LogP contribution in [0.1, 0.15) is 48.1 Å². The number of amides is 2. The summed E-state index contributed by atoms with van der Waals surface area (Å²) in [7, 11) is 0. The number of nitrogens with zero attached hydrogens (tertiary/aromatic N) is 3. The summed E-state index contributed by atoms with van der Waals surface area (Å²) in [6.45, 7) is 1.48. The van der Waals surface area contributed by atoms with Gasteiger partial charge in [-0.3, -0.25) is 14.5 Å². The maximum absolute atomic E-state index is 12.8. The molecule has 1 unspecified atom stereocenters. The average Bonchev–Trinajstić information content (AvgIpc) is 2.94. The van der Waals surface area contributed by atoms with Gasteiger partial charge in [0.2, 0.25) is 11.8 Å². The molecule has 2 amide bonds. The number of nitrogens with one attached hydrogen (secondary N) is 2. The van der Waals surface area contributed by atoms with E-state index in [9.17, 15) is 14.9 Å². The Morgan fingerprint density at radius 1 is 1.22 bits per heavy atom. The van der Waals surface area contributed by atoms with Gasteiger partial charge in [-0.2, -0.15) is 5.26 Å². The fraction of sp³-hybridized carbons (Fsp3) is 0.478. The first-order chi connectivity index (χ1) is 15.5. The van der Waals surface area contributed by atoms with E-state index in [1.54, 1.807) is 23.5 Å². The summed E-state index contributed by atoms with van der Waals surface area (Å²) < 4.78 is 0. The van der Waals surface area contributed by atoms with Gasteiger partial charge in [-0.1, -0.05) is 18.0 Å². The zero-order chi connectivity index (χ0) is 22.5. The molecule has 3 heterocycles. The summed E-state index contributed by atoms with van der Waals surface area (Å²) in [6, 6.07) is 5.66. The van der Waals surface area contributed by atoms with E-state index in [0.29, 0.717) is 27.9 Å². The minimum atomic E-state index is -0.207. The van der Waals surface area contributed by atoms with Crippen molar-refractivity contribution < 1.29 is 9.59 Å². The molecule has 0 radical (unpaired) electrons. The van der Waals surface area contributed by atoms with E-state index in [1.165, 1.54) is 17.5 Å². The fourth-order valence-corrected chi connectivity index (χ4v) is 5.78. The highest BCUT2D eigenvalue weighted by Crippen LogP contribution is 2.37. The van der Waals surface area contributed by atoms with Gasteiger partial charge in [-0.25, -0.2) is 4.98 Å². The average molecular weight is 472 g/mol. The van der Waals surface area contributed by atoms with Crippen LogP contribution in [0.2, 0.25) is 5.02 Å². The Hall–Kier alpha value is -2.47. The summed E-state index contributed by atoms with van der Waals surface area (Å²) >= 11 is 7.39. The van der Waals surface area contributed by atoms with Crippen molar-refractivity contribution in [2.24, 2.45) is 5.92 Å². The molecular formula is C23H26ClN5O2S. The minimum Gasteiger partial charge on any atom is -0.315 e. The molecule has 1 fully saturated rings. The summed E-state index contributed by atoms with van der Waals surface area (Å²) in [5.41, 5.74) is 1.75. The molecule has 1 aliphatic carbocycles. The largest absolute Gasteiger partial charge is 0.315 e. The Morgan fingerprint density at radius 3 is 2.84 bits per heavy atom. The molecule has 4 rings (SSSR count). The predicted octanol–water partition coefficient (Wildman–Crippen LogP) is 4.23. The zero-order valence-electron chi connectivity index (χ0n) is 17.8. The standard InChI is InChI=1S/C23H26ClN5O2S/c24-16-8-9-20(26-12-16)27-22(31)15-5-4-10-29(13-15)14-21(30)28-23-18(11-25)17-6-2-1-3-7-19(17)32-23/h8-9,12,15H,1-7,10,13-14H2,(H,28,30)(H,26,27,31). The van der Waals surface area contributed by atoms with Crippen molar-refractivity contribution in [2.75, 3.05) is 30.3 Å². The van der Waals surface area contributed by atoms with Crippen LogP contribution in [0, 0.1) is 17.2 Å². The number of hydrogen-bond acceptors (Lipinski definition) is 6. The highest BCUT2D eigenvalue weighted by atomic mass is 35.5. The van der Waals surface area contributed by atoms with Gasteiger partial charge in [0.1, 0.15) is 16.9 Å². The number of piperidine rings is 1. The molecule has 1 atom stereocenters. The van der Waals surface area contributed by atoms with E-state index in [4.69, 9.17) is 11.6 Å². The van der Waals surface area contributed by atoms with Crippen LogP contribution in [0.5, 0.6) is 0 Å². The Kier molecular flexibility index (Phi) is 7.40. The van der Waals surface area contributed by atoms with Crippen molar-refractivity contribution >= 4 is 45.6 Å². The number of rotatable bonds is 5. The molecule has 0 aromatic carbocycles. The van der Waals surface area contributed by atoms with E-state index in [1.807, 2.05) is 4.90 Å². The van der Waals surface area contributed by atoms with Gasteiger partial charge in [0.15, 0.2) is 0 Å². The van der Waals surface area contributed by atoms with Gasteiger partial charge in [0.05, 0.1) is 23.0 Å². The SMILES string of the molecule is N#Cc1c(NC(=O)CN2CCCC(C(=O)Nc3ccc(Cl)cn3)C2)sc2c1CCCCC2. The number of likely N-dealkylation sites (tertiary alicyclic amines) is 1. The number of pyridine rings is 1. The first-order valence-electron chi connectivity index (χ1n) is 11.0. The molecule has 1 aliphatic heterocycles. The lowest BCUT2D eigenvalue weighted by molar-refractivity contribution is -0.123. The molecule has 2 aromatic rings. The van der Waals surface area contributed by atoms with Gasteiger partial charge in [0, 0.05) is 17.6 Å². The molecule has 2 aliphatic rings. The molecule has 0 spiro atoms. The number of carbonyl (C=O) groups excluding carboxylic acids is 2. The van der Waals surface area contributed by atoms with Crippen LogP contribution >= 0.6 is 22.9 Å². The van der Waals surface area contributed by atoms with Crippen LogP contribution in [0.15, 0.2) is 18.3 Å². The predicted molar refractivity (Wildman–Crippen MR) is 126 cm³/mol. The van der Waals surface area contributed by atoms with Crippen LogP contribution in [0.3, 0.4) is 0 Å². The molecule has 1 saturated heterocycles. The van der Waals surface area contributed by atoms with Crippen molar-refractivity contribution in [3.8, 4) is 6.07 Å². The molecule has 2 N–H and O–H groups in total. The van der Waals surface area contributed by atoms with Gasteiger partial charge < -0.3 is 10.6 Å². The first kappa shape index (κ1) is 22.7. The second-order valence-electron chi connectivity index (χ2n) is 8.35. The quantitative estimate of drug-likeness (QED) is 0.636. The molecule has 7 nitrogen and oxygen atoms in total.